The molecular formula is C20H19ClN4O2. The molecule has 0 spiro atoms. The molecule has 0 unspecified atom stereocenters. The molecule has 138 valence electrons. The summed E-state index contributed by atoms with van der Waals surface area (Å²) in [7, 11) is 0. The minimum atomic E-state index is -0.101. The summed E-state index contributed by atoms with van der Waals surface area (Å²) in [5.41, 5.74) is 1.37. The van der Waals surface area contributed by atoms with Crippen LogP contribution in [-0.2, 0) is 6.42 Å². The highest BCUT2D eigenvalue weighted by Gasteiger charge is 2.29. The van der Waals surface area contributed by atoms with Crippen LogP contribution in [0.1, 0.15) is 46.5 Å². The highest BCUT2D eigenvalue weighted by molar-refractivity contribution is 6.31. The summed E-state index contributed by atoms with van der Waals surface area (Å²) in [6.07, 6.45) is 8.78. The molecular weight excluding hydrogens is 364 g/mol. The number of carbonyl (C=O) groups excluding carboxylic acids is 1. The number of hydrogen-bond donors (Lipinski definition) is 0. The molecule has 3 heterocycles. The summed E-state index contributed by atoms with van der Waals surface area (Å²) in [6, 6.07) is 7.70. The lowest BCUT2D eigenvalue weighted by molar-refractivity contribution is 0.0691. The summed E-state index contributed by atoms with van der Waals surface area (Å²) in [5, 5.41) is 0.717. The number of likely N-dealkylation sites (tertiary alicyclic amines) is 1. The number of oxazole rings is 1. The van der Waals surface area contributed by atoms with Crippen molar-refractivity contribution in [3.8, 4) is 0 Å². The first-order valence-corrected chi connectivity index (χ1v) is 9.32. The van der Waals surface area contributed by atoms with E-state index in [0.717, 1.165) is 24.2 Å². The van der Waals surface area contributed by atoms with Gasteiger partial charge in [-0.05, 0) is 24.5 Å². The molecule has 1 fully saturated rings. The van der Waals surface area contributed by atoms with Gasteiger partial charge in [0.25, 0.3) is 5.91 Å². The zero-order valence-electron chi connectivity index (χ0n) is 14.7. The Morgan fingerprint density at radius 2 is 2.11 bits per heavy atom. The Bertz CT molecular complexity index is 928. The lowest BCUT2D eigenvalue weighted by Crippen LogP contribution is -2.39. The number of rotatable bonds is 4. The van der Waals surface area contributed by atoms with Crippen molar-refractivity contribution in [1.82, 2.24) is 19.9 Å². The molecule has 1 saturated heterocycles. The molecule has 0 radical (unpaired) electrons. The van der Waals surface area contributed by atoms with E-state index in [1.165, 1.54) is 12.4 Å². The maximum atomic E-state index is 12.6. The first-order valence-electron chi connectivity index (χ1n) is 8.94. The van der Waals surface area contributed by atoms with Gasteiger partial charge in [-0.25, -0.2) is 9.97 Å². The van der Waals surface area contributed by atoms with E-state index in [0.29, 0.717) is 36.1 Å². The number of carbonyl (C=O) groups is 1. The molecule has 4 rings (SSSR count). The molecule has 0 aliphatic carbocycles. The SMILES string of the molecule is O=C(c1cnccn1)N1CCC[C@H](c2ncc(Cc3ccccc3Cl)o2)C1. The monoisotopic (exact) mass is 382 g/mol. The van der Waals surface area contributed by atoms with Gasteiger partial charge in [-0.3, -0.25) is 9.78 Å². The van der Waals surface area contributed by atoms with Crippen molar-refractivity contribution >= 4 is 17.5 Å². The van der Waals surface area contributed by atoms with Gasteiger partial charge >= 0.3 is 0 Å². The maximum Gasteiger partial charge on any atom is 0.274 e. The number of amides is 1. The normalized spacial score (nSPS) is 17.1. The predicted octanol–water partition coefficient (Wildman–Crippen LogP) is 3.73. The van der Waals surface area contributed by atoms with Gasteiger partial charge in [0.2, 0.25) is 0 Å². The number of halogens is 1. The third kappa shape index (κ3) is 4.01. The second-order valence-electron chi connectivity index (χ2n) is 6.61. The van der Waals surface area contributed by atoms with Crippen molar-refractivity contribution in [1.29, 1.82) is 0 Å². The topological polar surface area (TPSA) is 72.1 Å². The van der Waals surface area contributed by atoms with Gasteiger partial charge in [0.05, 0.1) is 18.3 Å². The number of aromatic nitrogens is 3. The van der Waals surface area contributed by atoms with Crippen LogP contribution < -0.4 is 0 Å². The number of benzene rings is 1. The quantitative estimate of drug-likeness (QED) is 0.687. The van der Waals surface area contributed by atoms with Crippen LogP contribution in [0.3, 0.4) is 0 Å². The summed E-state index contributed by atoms with van der Waals surface area (Å²) in [5.74, 6) is 1.43. The summed E-state index contributed by atoms with van der Waals surface area (Å²) in [6.45, 7) is 1.28. The van der Waals surface area contributed by atoms with Gasteiger partial charge in [0.1, 0.15) is 11.5 Å². The summed E-state index contributed by atoms with van der Waals surface area (Å²) >= 11 is 6.22. The fourth-order valence-electron chi connectivity index (χ4n) is 3.36. The van der Waals surface area contributed by atoms with Crippen LogP contribution in [-0.4, -0.2) is 38.8 Å². The average Bonchev–Trinajstić information content (AvgIpc) is 3.19. The third-order valence-electron chi connectivity index (χ3n) is 4.73. The first kappa shape index (κ1) is 17.7. The van der Waals surface area contributed by atoms with E-state index < -0.39 is 0 Å². The molecule has 0 N–H and O–H groups in total. The Hall–Kier alpha value is -2.73. The molecule has 27 heavy (non-hydrogen) atoms. The van der Waals surface area contributed by atoms with E-state index in [9.17, 15) is 4.79 Å². The van der Waals surface area contributed by atoms with Gasteiger partial charge < -0.3 is 9.32 Å². The van der Waals surface area contributed by atoms with Gasteiger partial charge in [0, 0.05) is 36.9 Å². The van der Waals surface area contributed by atoms with Crippen molar-refractivity contribution in [2.45, 2.75) is 25.2 Å². The van der Waals surface area contributed by atoms with Crippen molar-refractivity contribution in [3.05, 3.63) is 77.0 Å². The second kappa shape index (κ2) is 7.88. The van der Waals surface area contributed by atoms with Crippen molar-refractivity contribution < 1.29 is 9.21 Å². The zero-order chi connectivity index (χ0) is 18.6. The molecule has 1 amide bonds. The molecule has 1 aromatic carbocycles. The first-order chi connectivity index (χ1) is 13.2. The Morgan fingerprint density at radius 1 is 1.22 bits per heavy atom. The van der Waals surface area contributed by atoms with Crippen molar-refractivity contribution in [3.63, 3.8) is 0 Å². The standard InChI is InChI=1S/C20H19ClN4O2/c21-17-6-2-1-4-14(17)10-16-11-24-19(27-16)15-5-3-9-25(13-15)20(26)18-12-22-7-8-23-18/h1-2,4,6-8,11-12,15H,3,5,9-10,13H2/t15-/m0/s1. The number of piperidine rings is 1. The van der Waals surface area contributed by atoms with Crippen LogP contribution in [0.4, 0.5) is 0 Å². The second-order valence-corrected chi connectivity index (χ2v) is 7.02. The van der Waals surface area contributed by atoms with E-state index in [-0.39, 0.29) is 11.8 Å². The largest absolute Gasteiger partial charge is 0.445 e. The van der Waals surface area contributed by atoms with Crippen molar-refractivity contribution in [2.24, 2.45) is 0 Å². The van der Waals surface area contributed by atoms with Gasteiger partial charge in [0.15, 0.2) is 5.89 Å². The van der Waals surface area contributed by atoms with Crippen LogP contribution in [0.2, 0.25) is 5.02 Å². The van der Waals surface area contributed by atoms with Gasteiger partial charge in [-0.15, -0.1) is 0 Å². The summed E-state index contributed by atoms with van der Waals surface area (Å²) in [4.78, 5) is 27.0. The molecule has 3 aromatic rings. The van der Waals surface area contributed by atoms with Gasteiger partial charge in [-0.2, -0.15) is 0 Å². The fourth-order valence-corrected chi connectivity index (χ4v) is 3.56. The molecule has 2 aromatic heterocycles. The van der Waals surface area contributed by atoms with E-state index in [1.54, 1.807) is 17.3 Å². The van der Waals surface area contributed by atoms with Crippen LogP contribution >= 0.6 is 11.6 Å². The molecule has 0 bridgehead atoms. The fraction of sp³-hybridized carbons (Fsp3) is 0.300. The number of hydrogen-bond acceptors (Lipinski definition) is 5. The molecule has 1 aliphatic heterocycles. The van der Waals surface area contributed by atoms with E-state index >= 15 is 0 Å². The Morgan fingerprint density at radius 3 is 2.93 bits per heavy atom. The minimum absolute atomic E-state index is 0.0827. The van der Waals surface area contributed by atoms with E-state index in [2.05, 4.69) is 15.0 Å². The summed E-state index contributed by atoms with van der Waals surface area (Å²) < 4.78 is 5.98. The molecule has 6 nitrogen and oxygen atoms in total. The molecule has 1 atom stereocenters. The number of nitrogens with zero attached hydrogens (tertiary/aromatic N) is 4. The molecule has 0 saturated carbocycles. The zero-order valence-corrected chi connectivity index (χ0v) is 15.5. The van der Waals surface area contributed by atoms with Crippen molar-refractivity contribution in [2.75, 3.05) is 13.1 Å². The minimum Gasteiger partial charge on any atom is -0.445 e. The van der Waals surface area contributed by atoms with Crippen LogP contribution in [0.15, 0.2) is 53.5 Å². The lowest BCUT2D eigenvalue weighted by Gasteiger charge is -2.30. The predicted molar refractivity (Wildman–Crippen MR) is 101 cm³/mol. The lowest BCUT2D eigenvalue weighted by atomic mass is 9.98. The van der Waals surface area contributed by atoms with Crippen LogP contribution in [0.25, 0.3) is 0 Å². The Kier molecular flexibility index (Phi) is 5.16. The Balaban J connectivity index is 1.45. The molecule has 7 heteroatoms. The highest BCUT2D eigenvalue weighted by atomic mass is 35.5. The third-order valence-corrected chi connectivity index (χ3v) is 5.10. The Labute approximate surface area is 162 Å². The maximum absolute atomic E-state index is 12.6. The van der Waals surface area contributed by atoms with Crippen LogP contribution in [0, 0.1) is 0 Å². The average molecular weight is 383 g/mol. The highest BCUT2D eigenvalue weighted by Crippen LogP contribution is 2.28. The van der Waals surface area contributed by atoms with Crippen LogP contribution in [0.5, 0.6) is 0 Å². The smallest absolute Gasteiger partial charge is 0.274 e. The molecule has 1 aliphatic rings. The van der Waals surface area contributed by atoms with E-state index in [1.807, 2.05) is 24.3 Å². The van der Waals surface area contributed by atoms with E-state index in [4.69, 9.17) is 16.0 Å². The van der Waals surface area contributed by atoms with Gasteiger partial charge in [-0.1, -0.05) is 29.8 Å².